The maximum absolute atomic E-state index is 12.8. The van der Waals surface area contributed by atoms with Crippen LogP contribution in [0, 0.1) is 0 Å². The van der Waals surface area contributed by atoms with Crippen molar-refractivity contribution in [2.24, 2.45) is 0 Å². The Bertz CT molecular complexity index is 1470. The largest absolute Gasteiger partial charge is 0.508 e. The van der Waals surface area contributed by atoms with Crippen LogP contribution in [0.3, 0.4) is 0 Å². The summed E-state index contributed by atoms with van der Waals surface area (Å²) in [5.41, 5.74) is 2.37. The summed E-state index contributed by atoms with van der Waals surface area (Å²) in [5.74, 6) is 0.0647. The standard InChI is InChI=1S/C24H18Cl3N5O3/c1-2-32-23(34)21(29-24(35)30-22-18(26)11-28-12-19(22)27)10-20(31-32)14-5-3-4-13(8-14)16-7-6-15(33)9-17(16)25/h3-12,33H,2H2,1H3,(H2,28,29,30,35). The molecule has 2 heterocycles. The normalized spacial score (nSPS) is 10.7. The van der Waals surface area contributed by atoms with Crippen molar-refractivity contribution in [2.45, 2.75) is 13.5 Å². The summed E-state index contributed by atoms with van der Waals surface area (Å²) in [5, 5.41) is 19.8. The van der Waals surface area contributed by atoms with Crippen LogP contribution in [0.4, 0.5) is 16.2 Å². The number of aryl methyl sites for hydroxylation is 1. The van der Waals surface area contributed by atoms with Crippen LogP contribution in [0.2, 0.25) is 15.1 Å². The van der Waals surface area contributed by atoms with Crippen LogP contribution < -0.4 is 16.2 Å². The Labute approximate surface area is 215 Å². The highest BCUT2D eigenvalue weighted by atomic mass is 35.5. The number of nitrogens with zero attached hydrogens (tertiary/aromatic N) is 3. The van der Waals surface area contributed by atoms with E-state index in [0.717, 1.165) is 11.1 Å². The average molecular weight is 531 g/mol. The van der Waals surface area contributed by atoms with Crippen molar-refractivity contribution in [3.8, 4) is 28.1 Å². The van der Waals surface area contributed by atoms with E-state index >= 15 is 0 Å². The maximum Gasteiger partial charge on any atom is 0.323 e. The highest BCUT2D eigenvalue weighted by molar-refractivity contribution is 6.39. The molecule has 3 N–H and O–H groups in total. The predicted molar refractivity (Wildman–Crippen MR) is 139 cm³/mol. The number of anilines is 2. The molecule has 11 heteroatoms. The number of phenols is 1. The van der Waals surface area contributed by atoms with Gasteiger partial charge in [0.1, 0.15) is 11.4 Å². The third kappa shape index (κ3) is 5.40. The Morgan fingerprint density at radius 2 is 1.69 bits per heavy atom. The van der Waals surface area contributed by atoms with E-state index in [9.17, 15) is 14.7 Å². The van der Waals surface area contributed by atoms with Gasteiger partial charge >= 0.3 is 6.03 Å². The first kappa shape index (κ1) is 24.5. The molecule has 0 aliphatic heterocycles. The summed E-state index contributed by atoms with van der Waals surface area (Å²) in [7, 11) is 0. The number of benzene rings is 2. The van der Waals surface area contributed by atoms with E-state index in [1.54, 1.807) is 19.1 Å². The molecule has 0 spiro atoms. The quantitative estimate of drug-likeness (QED) is 0.280. The molecule has 0 saturated carbocycles. The van der Waals surface area contributed by atoms with Gasteiger partial charge in [0.05, 0.1) is 26.4 Å². The van der Waals surface area contributed by atoms with Gasteiger partial charge in [-0.15, -0.1) is 0 Å². The lowest BCUT2D eigenvalue weighted by atomic mass is 10.0. The number of pyridine rings is 1. The first-order chi connectivity index (χ1) is 16.8. The lowest BCUT2D eigenvalue weighted by molar-refractivity contribution is 0.262. The van der Waals surface area contributed by atoms with E-state index < -0.39 is 11.6 Å². The van der Waals surface area contributed by atoms with Crippen LogP contribution in [0.15, 0.2) is 65.7 Å². The fourth-order valence-electron chi connectivity index (χ4n) is 3.37. The van der Waals surface area contributed by atoms with E-state index in [4.69, 9.17) is 34.8 Å². The number of carbonyl (C=O) groups is 1. The molecule has 178 valence electrons. The number of phenolic OH excluding ortho intramolecular Hbond substituents is 1. The number of urea groups is 1. The maximum atomic E-state index is 12.8. The van der Waals surface area contributed by atoms with Crippen LogP contribution in [0.5, 0.6) is 5.75 Å². The molecule has 0 radical (unpaired) electrons. The zero-order valence-corrected chi connectivity index (χ0v) is 20.5. The van der Waals surface area contributed by atoms with Gasteiger partial charge in [-0.1, -0.05) is 53.0 Å². The van der Waals surface area contributed by atoms with Crippen molar-refractivity contribution in [1.82, 2.24) is 14.8 Å². The molecular formula is C24H18Cl3N5O3. The van der Waals surface area contributed by atoms with Crippen LogP contribution in [0.1, 0.15) is 6.92 Å². The number of aromatic hydroxyl groups is 1. The molecule has 4 aromatic rings. The summed E-state index contributed by atoms with van der Waals surface area (Å²) in [6, 6.07) is 12.9. The SMILES string of the molecule is CCn1nc(-c2cccc(-c3ccc(O)cc3Cl)c2)cc(NC(=O)Nc2c(Cl)cncc2Cl)c1=O. The highest BCUT2D eigenvalue weighted by Crippen LogP contribution is 2.33. The molecule has 35 heavy (non-hydrogen) atoms. The number of amides is 2. The zero-order chi connectivity index (χ0) is 25.1. The molecule has 0 aliphatic rings. The van der Waals surface area contributed by atoms with Crippen molar-refractivity contribution in [2.75, 3.05) is 10.6 Å². The van der Waals surface area contributed by atoms with Crippen molar-refractivity contribution in [3.63, 3.8) is 0 Å². The van der Waals surface area contributed by atoms with Crippen molar-refractivity contribution in [3.05, 3.63) is 86.3 Å². The van der Waals surface area contributed by atoms with Gasteiger partial charge in [0, 0.05) is 30.1 Å². The molecule has 2 aromatic carbocycles. The minimum absolute atomic E-state index is 0.0173. The highest BCUT2D eigenvalue weighted by Gasteiger charge is 2.15. The average Bonchev–Trinajstić information content (AvgIpc) is 2.83. The monoisotopic (exact) mass is 529 g/mol. The molecule has 0 atom stereocenters. The first-order valence-corrected chi connectivity index (χ1v) is 11.5. The Balaban J connectivity index is 1.69. The number of carbonyl (C=O) groups excluding carboxylic acids is 1. The van der Waals surface area contributed by atoms with Crippen LogP contribution in [-0.2, 0) is 6.54 Å². The summed E-state index contributed by atoms with van der Waals surface area (Å²) in [4.78, 5) is 29.3. The van der Waals surface area contributed by atoms with Gasteiger partial charge < -0.3 is 15.7 Å². The lowest BCUT2D eigenvalue weighted by Gasteiger charge is -2.13. The summed E-state index contributed by atoms with van der Waals surface area (Å²) in [6.45, 7) is 2.06. The molecule has 8 nitrogen and oxygen atoms in total. The molecular weight excluding hydrogens is 513 g/mol. The van der Waals surface area contributed by atoms with E-state index in [1.807, 2.05) is 24.3 Å². The van der Waals surface area contributed by atoms with Gasteiger partial charge in [-0.25, -0.2) is 9.48 Å². The van der Waals surface area contributed by atoms with Crippen LogP contribution >= 0.6 is 34.8 Å². The third-order valence-electron chi connectivity index (χ3n) is 5.04. The molecule has 0 saturated heterocycles. The van der Waals surface area contributed by atoms with Gasteiger partial charge in [0.2, 0.25) is 0 Å². The topological polar surface area (TPSA) is 109 Å². The molecule has 4 rings (SSSR count). The van der Waals surface area contributed by atoms with E-state index in [-0.39, 0.29) is 33.7 Å². The predicted octanol–water partition coefficient (Wildman–Crippen LogP) is 6.30. The number of hydrogen-bond donors (Lipinski definition) is 3. The Morgan fingerprint density at radius 1 is 0.971 bits per heavy atom. The molecule has 2 aromatic heterocycles. The van der Waals surface area contributed by atoms with Crippen molar-refractivity contribution >= 4 is 52.2 Å². The summed E-state index contributed by atoms with van der Waals surface area (Å²) < 4.78 is 1.25. The molecule has 0 fully saturated rings. The van der Waals surface area contributed by atoms with Gasteiger partial charge in [0.15, 0.2) is 0 Å². The Hall–Kier alpha value is -3.59. The summed E-state index contributed by atoms with van der Waals surface area (Å²) in [6.07, 6.45) is 2.68. The van der Waals surface area contributed by atoms with Gasteiger partial charge in [0.25, 0.3) is 5.56 Å². The second-order valence-corrected chi connectivity index (χ2v) is 8.59. The zero-order valence-electron chi connectivity index (χ0n) is 18.2. The number of hydrogen-bond acceptors (Lipinski definition) is 5. The minimum Gasteiger partial charge on any atom is -0.508 e. The van der Waals surface area contributed by atoms with E-state index in [2.05, 4.69) is 20.7 Å². The second kappa shape index (κ2) is 10.4. The molecule has 0 unspecified atom stereocenters. The van der Waals surface area contributed by atoms with Crippen molar-refractivity contribution in [1.29, 1.82) is 0 Å². The fraction of sp³-hybridized carbons (Fsp3) is 0.0833. The van der Waals surface area contributed by atoms with Gasteiger partial charge in [-0.2, -0.15) is 5.10 Å². The van der Waals surface area contributed by atoms with Crippen molar-refractivity contribution < 1.29 is 9.90 Å². The van der Waals surface area contributed by atoms with E-state index in [0.29, 0.717) is 16.3 Å². The number of nitrogens with one attached hydrogen (secondary N) is 2. The molecule has 0 bridgehead atoms. The number of aromatic nitrogens is 3. The summed E-state index contributed by atoms with van der Waals surface area (Å²) >= 11 is 18.4. The smallest absolute Gasteiger partial charge is 0.323 e. The van der Waals surface area contributed by atoms with Gasteiger partial charge in [-0.05, 0) is 42.8 Å². The van der Waals surface area contributed by atoms with Crippen LogP contribution in [0.25, 0.3) is 22.4 Å². The van der Waals surface area contributed by atoms with Crippen LogP contribution in [-0.4, -0.2) is 25.9 Å². The first-order valence-electron chi connectivity index (χ1n) is 10.3. The van der Waals surface area contributed by atoms with Gasteiger partial charge in [-0.3, -0.25) is 9.78 Å². The second-order valence-electron chi connectivity index (χ2n) is 7.37. The Kier molecular flexibility index (Phi) is 7.25. The Morgan fingerprint density at radius 3 is 2.37 bits per heavy atom. The number of rotatable bonds is 5. The fourth-order valence-corrected chi connectivity index (χ4v) is 4.11. The molecule has 0 aliphatic carbocycles. The minimum atomic E-state index is -0.707. The number of halogens is 3. The lowest BCUT2D eigenvalue weighted by Crippen LogP contribution is -2.29. The third-order valence-corrected chi connectivity index (χ3v) is 5.92. The van der Waals surface area contributed by atoms with E-state index in [1.165, 1.54) is 29.2 Å². The molecule has 2 amide bonds.